The van der Waals surface area contributed by atoms with Gasteiger partial charge in [0.2, 0.25) is 0 Å². The molecule has 0 radical (unpaired) electrons. The Labute approximate surface area is 71.6 Å². The molecule has 0 aliphatic rings. The van der Waals surface area contributed by atoms with Gasteiger partial charge in [0.25, 0.3) is 5.91 Å². The predicted octanol–water partition coefficient (Wildman–Crippen LogP) is 0.741. The largest absolute Gasteiger partial charge is 0.289 e. The Morgan fingerprint density at radius 1 is 1.91 bits per heavy atom. The zero-order chi connectivity index (χ0) is 8.10. The lowest BCUT2D eigenvalue weighted by atomic mass is 10.8. The number of hydroxylamine groups is 1. The summed E-state index contributed by atoms with van der Waals surface area (Å²) in [6.45, 7) is 0. The maximum Gasteiger partial charge on any atom is 0.253 e. The van der Waals surface area contributed by atoms with Gasteiger partial charge in [0.1, 0.15) is 4.34 Å². The lowest BCUT2D eigenvalue weighted by Gasteiger charge is -1.93. The number of hydrogen-bond donors (Lipinski definition) is 2. The lowest BCUT2D eigenvalue weighted by Crippen LogP contribution is -2.20. The molecule has 0 aliphatic carbocycles. The second-order valence-corrected chi connectivity index (χ2v) is 3.74. The zero-order valence-corrected chi connectivity index (χ0v) is 7.11. The van der Waals surface area contributed by atoms with Crippen molar-refractivity contribution >= 4 is 29.0 Å². The molecule has 1 heterocycles. The summed E-state index contributed by atoms with van der Waals surface area (Å²) in [6, 6.07) is 0. The van der Waals surface area contributed by atoms with Gasteiger partial charge >= 0.3 is 0 Å². The van der Waals surface area contributed by atoms with Crippen molar-refractivity contribution in [1.29, 1.82) is 0 Å². The van der Waals surface area contributed by atoms with Crippen molar-refractivity contribution in [2.75, 3.05) is 5.75 Å². The third kappa shape index (κ3) is 2.87. The first-order chi connectivity index (χ1) is 5.33. The first kappa shape index (κ1) is 8.51. The number of amides is 1. The number of carbonyl (C=O) groups excluding carboxylic acids is 1. The Bertz CT molecular complexity index is 224. The summed E-state index contributed by atoms with van der Waals surface area (Å²) in [4.78, 5) is 14.4. The number of rotatable bonds is 3. The minimum absolute atomic E-state index is 0.198. The monoisotopic (exact) mass is 190 g/mol. The number of hydrogen-bond acceptors (Lipinski definition) is 5. The van der Waals surface area contributed by atoms with Gasteiger partial charge in [0, 0.05) is 11.6 Å². The number of nitrogens with zero attached hydrogens (tertiary/aromatic N) is 1. The van der Waals surface area contributed by atoms with Crippen molar-refractivity contribution in [1.82, 2.24) is 10.5 Å². The minimum atomic E-state index is -0.412. The number of nitrogens with one attached hydrogen (secondary N) is 1. The molecule has 0 saturated carbocycles. The first-order valence-electron chi connectivity index (χ1n) is 2.78. The van der Waals surface area contributed by atoms with E-state index in [1.54, 1.807) is 11.7 Å². The maximum atomic E-state index is 10.5. The second kappa shape index (κ2) is 4.32. The zero-order valence-electron chi connectivity index (χ0n) is 5.48. The van der Waals surface area contributed by atoms with E-state index in [0.29, 0.717) is 0 Å². The van der Waals surface area contributed by atoms with Crippen molar-refractivity contribution < 1.29 is 10.0 Å². The van der Waals surface area contributed by atoms with Crippen molar-refractivity contribution in [2.24, 2.45) is 0 Å². The van der Waals surface area contributed by atoms with Crippen LogP contribution in [0.3, 0.4) is 0 Å². The molecule has 1 aromatic rings. The standard InChI is InChI=1S/C5H6N2O2S2/c8-4(7-9)3-11-5-6-1-2-10-5/h1-2,9H,3H2,(H,7,8). The van der Waals surface area contributed by atoms with Crippen molar-refractivity contribution in [3.05, 3.63) is 11.6 Å². The van der Waals surface area contributed by atoms with Crippen LogP contribution in [0.5, 0.6) is 0 Å². The molecular formula is C5H6N2O2S2. The van der Waals surface area contributed by atoms with Crippen LogP contribution in [0.1, 0.15) is 0 Å². The van der Waals surface area contributed by atoms with Crippen LogP contribution in [0, 0.1) is 0 Å². The fraction of sp³-hybridized carbons (Fsp3) is 0.200. The van der Waals surface area contributed by atoms with E-state index in [1.807, 2.05) is 5.38 Å². The van der Waals surface area contributed by atoms with Gasteiger partial charge in [-0.05, 0) is 0 Å². The Hall–Kier alpha value is -0.590. The van der Waals surface area contributed by atoms with Gasteiger partial charge in [-0.1, -0.05) is 11.8 Å². The first-order valence-corrected chi connectivity index (χ1v) is 4.64. The molecule has 0 bridgehead atoms. The average Bonchev–Trinajstić information content (AvgIpc) is 2.52. The van der Waals surface area contributed by atoms with Crippen molar-refractivity contribution in [2.45, 2.75) is 4.34 Å². The van der Waals surface area contributed by atoms with Gasteiger partial charge in [-0.25, -0.2) is 10.5 Å². The molecule has 11 heavy (non-hydrogen) atoms. The maximum absolute atomic E-state index is 10.5. The van der Waals surface area contributed by atoms with Crippen molar-refractivity contribution in [3.8, 4) is 0 Å². The topological polar surface area (TPSA) is 62.2 Å². The molecule has 1 rings (SSSR count). The molecule has 1 aromatic heterocycles. The smallest absolute Gasteiger partial charge is 0.253 e. The molecule has 0 unspecified atom stereocenters. The highest BCUT2D eigenvalue weighted by atomic mass is 32.2. The van der Waals surface area contributed by atoms with Crippen LogP contribution in [0.15, 0.2) is 15.9 Å². The van der Waals surface area contributed by atoms with E-state index in [0.717, 1.165) is 4.34 Å². The summed E-state index contributed by atoms with van der Waals surface area (Å²) in [5.74, 6) is -0.213. The Kier molecular flexibility index (Phi) is 3.34. The molecular weight excluding hydrogens is 184 g/mol. The SMILES string of the molecule is O=C(CSc1nccs1)NO. The minimum Gasteiger partial charge on any atom is -0.289 e. The molecule has 60 valence electrons. The van der Waals surface area contributed by atoms with E-state index in [2.05, 4.69) is 4.98 Å². The molecule has 6 heteroatoms. The van der Waals surface area contributed by atoms with Gasteiger partial charge in [0.15, 0.2) is 0 Å². The summed E-state index contributed by atoms with van der Waals surface area (Å²) in [7, 11) is 0. The number of aromatic nitrogens is 1. The summed E-state index contributed by atoms with van der Waals surface area (Å²) in [5, 5.41) is 9.97. The third-order valence-electron chi connectivity index (χ3n) is 0.861. The number of thiazole rings is 1. The Morgan fingerprint density at radius 3 is 3.27 bits per heavy atom. The van der Waals surface area contributed by atoms with Gasteiger partial charge in [-0.15, -0.1) is 11.3 Å². The molecule has 0 aromatic carbocycles. The van der Waals surface area contributed by atoms with Gasteiger partial charge in [-0.3, -0.25) is 10.0 Å². The predicted molar refractivity (Wildman–Crippen MR) is 42.8 cm³/mol. The lowest BCUT2D eigenvalue weighted by molar-refractivity contribution is -0.126. The molecule has 0 saturated heterocycles. The Balaban J connectivity index is 2.29. The summed E-state index contributed by atoms with van der Waals surface area (Å²) in [6.07, 6.45) is 1.67. The second-order valence-electron chi connectivity index (χ2n) is 1.62. The third-order valence-corrected chi connectivity index (χ3v) is 2.83. The molecule has 2 N–H and O–H groups in total. The molecule has 0 spiro atoms. The van der Waals surface area contributed by atoms with Gasteiger partial charge < -0.3 is 0 Å². The van der Waals surface area contributed by atoms with Crippen LogP contribution in [0.4, 0.5) is 0 Å². The van der Waals surface area contributed by atoms with Crippen molar-refractivity contribution in [3.63, 3.8) is 0 Å². The van der Waals surface area contributed by atoms with E-state index in [9.17, 15) is 4.79 Å². The molecule has 1 amide bonds. The van der Waals surface area contributed by atoms with Crippen LogP contribution in [0.2, 0.25) is 0 Å². The van der Waals surface area contributed by atoms with Gasteiger partial charge in [-0.2, -0.15) is 0 Å². The van der Waals surface area contributed by atoms with Crippen LogP contribution >= 0.6 is 23.1 Å². The fourth-order valence-corrected chi connectivity index (χ4v) is 1.87. The highest BCUT2D eigenvalue weighted by Crippen LogP contribution is 2.19. The fourth-order valence-electron chi connectivity index (χ4n) is 0.441. The van der Waals surface area contributed by atoms with Crippen LogP contribution < -0.4 is 5.48 Å². The van der Waals surface area contributed by atoms with Crippen LogP contribution in [-0.4, -0.2) is 21.9 Å². The normalized spacial score (nSPS) is 9.55. The van der Waals surface area contributed by atoms with Gasteiger partial charge in [0.05, 0.1) is 5.75 Å². The van der Waals surface area contributed by atoms with E-state index in [4.69, 9.17) is 5.21 Å². The average molecular weight is 190 g/mol. The van der Waals surface area contributed by atoms with E-state index < -0.39 is 5.91 Å². The molecule has 0 fully saturated rings. The quantitative estimate of drug-likeness (QED) is 0.419. The highest BCUT2D eigenvalue weighted by Gasteiger charge is 2.01. The Morgan fingerprint density at radius 2 is 2.73 bits per heavy atom. The highest BCUT2D eigenvalue weighted by molar-refractivity contribution is 8.01. The molecule has 4 nitrogen and oxygen atoms in total. The number of thioether (sulfide) groups is 1. The summed E-state index contributed by atoms with van der Waals surface area (Å²) in [5.41, 5.74) is 1.54. The summed E-state index contributed by atoms with van der Waals surface area (Å²) >= 11 is 2.76. The molecule has 0 aliphatic heterocycles. The van der Waals surface area contributed by atoms with E-state index >= 15 is 0 Å². The van der Waals surface area contributed by atoms with Crippen LogP contribution in [0.25, 0.3) is 0 Å². The van der Waals surface area contributed by atoms with E-state index in [1.165, 1.54) is 23.1 Å². The summed E-state index contributed by atoms with van der Waals surface area (Å²) < 4.78 is 0.827. The van der Waals surface area contributed by atoms with Crippen LogP contribution in [-0.2, 0) is 4.79 Å². The van der Waals surface area contributed by atoms with E-state index in [-0.39, 0.29) is 5.75 Å². The molecule has 0 atom stereocenters. The number of carbonyl (C=O) groups is 1.